The first kappa shape index (κ1) is 17.7. The topological polar surface area (TPSA) is 95.2 Å². The van der Waals surface area contributed by atoms with Crippen LogP contribution in [0.25, 0.3) is 22.5 Å². The summed E-state index contributed by atoms with van der Waals surface area (Å²) in [7, 11) is 3.23. The minimum Gasteiger partial charge on any atom is -0.497 e. The van der Waals surface area contributed by atoms with Crippen LogP contribution >= 0.6 is 0 Å². The van der Waals surface area contributed by atoms with Crippen LogP contribution in [-0.4, -0.2) is 34.3 Å². The summed E-state index contributed by atoms with van der Waals surface area (Å²) in [5.41, 5.74) is 3.64. The Morgan fingerprint density at radius 1 is 1.00 bits per heavy atom. The molecular formula is C20H19N5O3. The Hall–Kier alpha value is -3.68. The predicted molar refractivity (Wildman–Crippen MR) is 105 cm³/mol. The van der Waals surface area contributed by atoms with Crippen LogP contribution in [0.15, 0.2) is 41.1 Å². The highest BCUT2D eigenvalue weighted by atomic mass is 16.5. The second-order valence-corrected chi connectivity index (χ2v) is 6.21. The van der Waals surface area contributed by atoms with Gasteiger partial charge in [0.2, 0.25) is 0 Å². The standard InChI is InChI=1S/C20H19N5O3/c1-11-5-7-14-18(24-16-9-13(26-3)6-8-17(16)27-4)15(10-21-19(14)22-11)20-23-12(2)25-28-20/h5-10H,1-4H3,(H,21,22,24). The molecule has 0 saturated heterocycles. The number of rotatable bonds is 5. The number of fused-ring (bicyclic) bond motifs is 1. The number of methoxy groups -OCH3 is 2. The van der Waals surface area contributed by atoms with E-state index in [1.54, 1.807) is 27.3 Å². The summed E-state index contributed by atoms with van der Waals surface area (Å²) < 4.78 is 16.2. The van der Waals surface area contributed by atoms with Crippen LogP contribution in [0.1, 0.15) is 11.5 Å². The van der Waals surface area contributed by atoms with E-state index in [1.165, 1.54) is 0 Å². The van der Waals surface area contributed by atoms with Crippen molar-refractivity contribution < 1.29 is 14.0 Å². The summed E-state index contributed by atoms with van der Waals surface area (Å²) >= 11 is 0. The molecule has 0 saturated carbocycles. The van der Waals surface area contributed by atoms with Crippen LogP contribution in [0.2, 0.25) is 0 Å². The van der Waals surface area contributed by atoms with Gasteiger partial charge >= 0.3 is 0 Å². The molecule has 4 aromatic rings. The number of benzene rings is 1. The van der Waals surface area contributed by atoms with Crippen LogP contribution in [0.3, 0.4) is 0 Å². The number of aryl methyl sites for hydroxylation is 2. The Bertz CT molecular complexity index is 1160. The van der Waals surface area contributed by atoms with Crippen molar-refractivity contribution >= 4 is 22.4 Å². The SMILES string of the molecule is COc1ccc(OC)c(Nc2c(-c3nc(C)no3)cnc3nc(C)ccc23)c1. The van der Waals surface area contributed by atoms with Crippen molar-refractivity contribution in [1.82, 2.24) is 20.1 Å². The van der Waals surface area contributed by atoms with Crippen molar-refractivity contribution in [3.63, 3.8) is 0 Å². The molecular weight excluding hydrogens is 358 g/mol. The van der Waals surface area contributed by atoms with Crippen molar-refractivity contribution in [2.75, 3.05) is 19.5 Å². The Labute approximate surface area is 161 Å². The number of aromatic nitrogens is 4. The third kappa shape index (κ3) is 3.20. The fourth-order valence-corrected chi connectivity index (χ4v) is 2.92. The Balaban J connectivity index is 1.93. The molecule has 0 spiro atoms. The molecule has 3 aromatic heterocycles. The van der Waals surface area contributed by atoms with E-state index in [0.717, 1.165) is 22.5 Å². The Morgan fingerprint density at radius 3 is 2.57 bits per heavy atom. The second-order valence-electron chi connectivity index (χ2n) is 6.21. The summed E-state index contributed by atoms with van der Waals surface area (Å²) in [6.07, 6.45) is 1.68. The van der Waals surface area contributed by atoms with Crippen molar-refractivity contribution in [2.45, 2.75) is 13.8 Å². The van der Waals surface area contributed by atoms with Crippen LogP contribution in [0.4, 0.5) is 11.4 Å². The smallest absolute Gasteiger partial charge is 0.261 e. The van der Waals surface area contributed by atoms with Gasteiger partial charge in [0.1, 0.15) is 11.5 Å². The summed E-state index contributed by atoms with van der Waals surface area (Å²) in [4.78, 5) is 13.3. The zero-order chi connectivity index (χ0) is 19.7. The van der Waals surface area contributed by atoms with Crippen molar-refractivity contribution in [2.24, 2.45) is 0 Å². The van der Waals surface area contributed by atoms with Crippen LogP contribution in [0.5, 0.6) is 11.5 Å². The maximum absolute atomic E-state index is 5.50. The maximum Gasteiger partial charge on any atom is 0.261 e. The van der Waals surface area contributed by atoms with Gasteiger partial charge in [-0.3, -0.25) is 0 Å². The second kappa shape index (κ2) is 7.15. The van der Waals surface area contributed by atoms with Gasteiger partial charge in [-0.25, -0.2) is 9.97 Å². The first-order chi connectivity index (χ1) is 13.6. The number of pyridine rings is 2. The number of anilines is 2. The largest absolute Gasteiger partial charge is 0.497 e. The van der Waals surface area contributed by atoms with E-state index in [0.29, 0.717) is 34.4 Å². The summed E-state index contributed by atoms with van der Waals surface area (Å²) in [6, 6.07) is 9.42. The lowest BCUT2D eigenvalue weighted by Crippen LogP contribution is -2.00. The van der Waals surface area contributed by atoms with E-state index in [1.807, 2.05) is 37.3 Å². The van der Waals surface area contributed by atoms with Gasteiger partial charge in [0, 0.05) is 23.3 Å². The lowest BCUT2D eigenvalue weighted by Gasteiger charge is -2.16. The quantitative estimate of drug-likeness (QED) is 0.556. The molecule has 0 amide bonds. The molecule has 0 aliphatic heterocycles. The van der Waals surface area contributed by atoms with Crippen LogP contribution in [-0.2, 0) is 0 Å². The normalized spacial score (nSPS) is 10.9. The van der Waals surface area contributed by atoms with Gasteiger partial charge in [0.15, 0.2) is 11.5 Å². The fourth-order valence-electron chi connectivity index (χ4n) is 2.92. The third-order valence-electron chi connectivity index (χ3n) is 4.29. The maximum atomic E-state index is 5.50. The molecule has 8 nitrogen and oxygen atoms in total. The molecule has 3 heterocycles. The summed E-state index contributed by atoms with van der Waals surface area (Å²) in [5.74, 6) is 2.28. The minimum atomic E-state index is 0.372. The Kier molecular flexibility index (Phi) is 4.52. The van der Waals surface area contributed by atoms with Gasteiger partial charge in [0.25, 0.3) is 5.89 Å². The molecule has 142 valence electrons. The number of nitrogens with one attached hydrogen (secondary N) is 1. The van der Waals surface area contributed by atoms with Crippen LogP contribution in [0, 0.1) is 13.8 Å². The first-order valence-electron chi connectivity index (χ1n) is 8.65. The van der Waals surface area contributed by atoms with Gasteiger partial charge in [-0.15, -0.1) is 0 Å². The highest BCUT2D eigenvalue weighted by molar-refractivity contribution is 5.98. The zero-order valence-corrected chi connectivity index (χ0v) is 16.0. The van der Waals surface area contributed by atoms with E-state index in [2.05, 4.69) is 25.4 Å². The molecule has 1 N–H and O–H groups in total. The third-order valence-corrected chi connectivity index (χ3v) is 4.29. The molecule has 0 unspecified atom stereocenters. The van der Waals surface area contributed by atoms with Gasteiger partial charge in [-0.05, 0) is 38.1 Å². The van der Waals surface area contributed by atoms with E-state index in [9.17, 15) is 0 Å². The summed E-state index contributed by atoms with van der Waals surface area (Å²) in [6.45, 7) is 3.69. The number of ether oxygens (including phenoxy) is 2. The lowest BCUT2D eigenvalue weighted by atomic mass is 10.1. The average Bonchev–Trinajstić information content (AvgIpc) is 3.14. The van der Waals surface area contributed by atoms with Crippen molar-refractivity contribution in [3.05, 3.63) is 48.0 Å². The van der Waals surface area contributed by atoms with E-state index in [-0.39, 0.29) is 0 Å². The van der Waals surface area contributed by atoms with Gasteiger partial charge in [0.05, 0.1) is 31.2 Å². The van der Waals surface area contributed by atoms with E-state index < -0.39 is 0 Å². The molecule has 0 aliphatic rings. The van der Waals surface area contributed by atoms with E-state index in [4.69, 9.17) is 14.0 Å². The zero-order valence-electron chi connectivity index (χ0n) is 16.0. The fraction of sp³-hybridized carbons (Fsp3) is 0.200. The molecule has 0 atom stereocenters. The van der Waals surface area contributed by atoms with E-state index >= 15 is 0 Å². The van der Waals surface area contributed by atoms with Gasteiger partial charge in [-0.2, -0.15) is 4.98 Å². The Morgan fingerprint density at radius 2 is 1.86 bits per heavy atom. The number of nitrogens with zero attached hydrogens (tertiary/aromatic N) is 4. The van der Waals surface area contributed by atoms with Crippen LogP contribution < -0.4 is 14.8 Å². The van der Waals surface area contributed by atoms with Crippen molar-refractivity contribution in [1.29, 1.82) is 0 Å². The molecule has 4 rings (SSSR count). The average molecular weight is 377 g/mol. The molecule has 0 radical (unpaired) electrons. The highest BCUT2D eigenvalue weighted by Gasteiger charge is 2.18. The van der Waals surface area contributed by atoms with Gasteiger partial charge < -0.3 is 19.3 Å². The first-order valence-corrected chi connectivity index (χ1v) is 8.65. The molecule has 0 fully saturated rings. The summed E-state index contributed by atoms with van der Waals surface area (Å²) in [5, 5.41) is 8.14. The number of hydrogen-bond donors (Lipinski definition) is 1. The predicted octanol–water partition coefficient (Wildman–Crippen LogP) is 4.06. The molecule has 0 aliphatic carbocycles. The number of hydrogen-bond acceptors (Lipinski definition) is 8. The molecule has 0 bridgehead atoms. The lowest BCUT2D eigenvalue weighted by molar-refractivity contribution is 0.405. The monoisotopic (exact) mass is 377 g/mol. The van der Waals surface area contributed by atoms with Gasteiger partial charge in [-0.1, -0.05) is 5.16 Å². The molecule has 1 aromatic carbocycles. The van der Waals surface area contributed by atoms with Crippen molar-refractivity contribution in [3.8, 4) is 23.0 Å². The highest BCUT2D eigenvalue weighted by Crippen LogP contribution is 2.38. The minimum absolute atomic E-state index is 0.372. The molecule has 28 heavy (non-hydrogen) atoms. The molecule has 8 heteroatoms.